The summed E-state index contributed by atoms with van der Waals surface area (Å²) in [4.78, 5) is 23.1. The fourth-order valence-electron chi connectivity index (χ4n) is 2.25. The number of ether oxygens (including phenoxy) is 3. The highest BCUT2D eigenvalue weighted by molar-refractivity contribution is 7.85. The lowest BCUT2D eigenvalue weighted by molar-refractivity contribution is -0.386. The summed E-state index contributed by atoms with van der Waals surface area (Å²) in [5.41, 5.74) is 0.926. The summed E-state index contributed by atoms with van der Waals surface area (Å²) in [5, 5.41) is 14.3. The number of nitro benzene ring substituents is 1. The third-order valence-corrected chi connectivity index (χ3v) is 4.17. The fraction of sp³-hybridized carbons (Fsp3) is 0.200. The number of benzene rings is 1. The van der Waals surface area contributed by atoms with Crippen molar-refractivity contribution < 1.29 is 41.3 Å². The average molecular weight is 429 g/mol. The highest BCUT2D eigenvalue weighted by atomic mass is 32.2. The Kier molecular flexibility index (Phi) is 6.40. The van der Waals surface area contributed by atoms with E-state index >= 15 is 0 Å². The van der Waals surface area contributed by atoms with Gasteiger partial charge in [0.25, 0.3) is 5.91 Å². The number of hydrogen-bond donors (Lipinski definition) is 2. The first kappa shape index (κ1) is 21.6. The molecule has 1 heterocycles. The van der Waals surface area contributed by atoms with Crippen LogP contribution in [-0.4, -0.2) is 51.3 Å². The molecule has 0 saturated heterocycles. The number of hydrazone groups is 1. The number of rotatable bonds is 8. The maximum atomic E-state index is 12.4. The zero-order valence-corrected chi connectivity index (χ0v) is 16.1. The van der Waals surface area contributed by atoms with Gasteiger partial charge in [-0.15, -0.1) is 0 Å². The highest BCUT2D eigenvalue weighted by Crippen LogP contribution is 2.46. The summed E-state index contributed by atoms with van der Waals surface area (Å²) in [6, 6.07) is 3.22. The minimum absolute atomic E-state index is 0.00732. The van der Waals surface area contributed by atoms with Crippen molar-refractivity contribution in [1.29, 1.82) is 0 Å². The molecule has 0 bridgehead atoms. The molecule has 156 valence electrons. The lowest BCUT2D eigenvalue weighted by Gasteiger charge is -2.14. The maximum absolute atomic E-state index is 12.4. The van der Waals surface area contributed by atoms with Crippen LogP contribution in [0, 0.1) is 10.1 Å². The number of furan rings is 1. The van der Waals surface area contributed by atoms with E-state index in [4.69, 9.17) is 23.2 Å². The standard InChI is InChI=1S/C15H15N3O10S/c1-25-10-6-9(12(18(20)21)14(27-3)13(10)26-2)15(19)17-16-7-8-4-5-11(28-8)29(22,23)24/h4-7H,1-3H3,(H,17,19)(H,22,23,24)/b16-7-. The number of carbonyl (C=O) groups excluding carboxylic acids is 1. The first-order valence-corrected chi connectivity index (χ1v) is 8.96. The molecular formula is C15H15N3O10S. The second kappa shape index (κ2) is 8.57. The largest absolute Gasteiger partial charge is 0.493 e. The topological polar surface area (TPSA) is 180 Å². The average Bonchev–Trinajstić information content (AvgIpc) is 3.15. The van der Waals surface area contributed by atoms with Gasteiger partial charge in [0.05, 0.1) is 32.5 Å². The molecule has 1 aromatic heterocycles. The van der Waals surface area contributed by atoms with E-state index in [1.807, 2.05) is 5.43 Å². The van der Waals surface area contributed by atoms with Crippen LogP contribution in [0.1, 0.15) is 16.1 Å². The molecule has 14 heteroatoms. The van der Waals surface area contributed by atoms with Crippen molar-refractivity contribution in [2.45, 2.75) is 5.09 Å². The molecule has 0 fully saturated rings. The molecule has 0 spiro atoms. The minimum Gasteiger partial charge on any atom is -0.493 e. The van der Waals surface area contributed by atoms with Crippen LogP contribution in [0.3, 0.4) is 0 Å². The number of nitro groups is 1. The van der Waals surface area contributed by atoms with Gasteiger partial charge in [-0.3, -0.25) is 19.5 Å². The smallest absolute Gasteiger partial charge is 0.328 e. The molecular weight excluding hydrogens is 414 g/mol. The molecule has 0 aliphatic heterocycles. The Hall–Kier alpha value is -3.65. The van der Waals surface area contributed by atoms with Gasteiger partial charge in [0, 0.05) is 6.07 Å². The molecule has 13 nitrogen and oxygen atoms in total. The summed E-state index contributed by atoms with van der Waals surface area (Å²) < 4.78 is 50.7. The molecule has 0 aliphatic carbocycles. The molecule has 0 radical (unpaired) electrons. The zero-order valence-electron chi connectivity index (χ0n) is 15.2. The predicted octanol–water partition coefficient (Wildman–Crippen LogP) is 1.22. The van der Waals surface area contributed by atoms with Crippen LogP contribution < -0.4 is 19.6 Å². The van der Waals surface area contributed by atoms with E-state index in [1.54, 1.807) is 0 Å². The van der Waals surface area contributed by atoms with Crippen LogP contribution in [0.2, 0.25) is 0 Å². The summed E-state index contributed by atoms with van der Waals surface area (Å²) in [7, 11) is -0.854. The number of nitrogens with zero attached hydrogens (tertiary/aromatic N) is 2. The van der Waals surface area contributed by atoms with Gasteiger partial charge in [-0.05, 0) is 12.1 Å². The molecule has 2 N–H and O–H groups in total. The Morgan fingerprint density at radius 2 is 1.90 bits per heavy atom. The Balaban J connectivity index is 2.37. The van der Waals surface area contributed by atoms with Crippen molar-refractivity contribution in [1.82, 2.24) is 5.43 Å². The molecule has 0 saturated carbocycles. The van der Waals surface area contributed by atoms with Crippen molar-refractivity contribution >= 4 is 27.9 Å². The lowest BCUT2D eigenvalue weighted by atomic mass is 10.1. The van der Waals surface area contributed by atoms with Gasteiger partial charge in [-0.1, -0.05) is 0 Å². The van der Waals surface area contributed by atoms with E-state index in [9.17, 15) is 23.3 Å². The third-order valence-electron chi connectivity index (χ3n) is 3.45. The first-order valence-electron chi connectivity index (χ1n) is 7.52. The predicted molar refractivity (Wildman–Crippen MR) is 96.3 cm³/mol. The van der Waals surface area contributed by atoms with Gasteiger partial charge in [0.1, 0.15) is 11.3 Å². The summed E-state index contributed by atoms with van der Waals surface area (Å²) in [6.45, 7) is 0. The van der Waals surface area contributed by atoms with Crippen molar-refractivity contribution in [3.8, 4) is 17.2 Å². The van der Waals surface area contributed by atoms with E-state index in [1.165, 1.54) is 20.3 Å². The number of hydrogen-bond acceptors (Lipinski definition) is 10. The quantitative estimate of drug-likeness (QED) is 0.268. The monoisotopic (exact) mass is 429 g/mol. The van der Waals surface area contributed by atoms with Crippen molar-refractivity contribution in [2.75, 3.05) is 21.3 Å². The lowest BCUT2D eigenvalue weighted by Crippen LogP contribution is -2.19. The SMILES string of the molecule is COc1cc(C(=O)N/N=C\c2ccc(S(=O)(=O)O)o2)c([N+](=O)[O-])c(OC)c1OC. The Morgan fingerprint density at radius 3 is 2.38 bits per heavy atom. The molecule has 0 unspecified atom stereocenters. The molecule has 1 amide bonds. The van der Waals surface area contributed by atoms with Crippen LogP contribution in [-0.2, 0) is 10.1 Å². The van der Waals surface area contributed by atoms with Crippen LogP contribution >= 0.6 is 0 Å². The Bertz CT molecular complexity index is 1070. The van der Waals surface area contributed by atoms with Crippen LogP contribution in [0.4, 0.5) is 5.69 Å². The summed E-state index contributed by atoms with van der Waals surface area (Å²) in [6.07, 6.45) is 0.927. The van der Waals surface area contributed by atoms with E-state index < -0.39 is 37.3 Å². The van der Waals surface area contributed by atoms with E-state index in [-0.39, 0.29) is 23.0 Å². The molecule has 2 rings (SSSR count). The third kappa shape index (κ3) is 4.61. The van der Waals surface area contributed by atoms with Gasteiger partial charge in [-0.25, -0.2) is 5.43 Å². The van der Waals surface area contributed by atoms with Gasteiger partial charge >= 0.3 is 15.8 Å². The van der Waals surface area contributed by atoms with E-state index in [2.05, 4.69) is 5.10 Å². The number of nitrogens with one attached hydrogen (secondary N) is 1. The van der Waals surface area contributed by atoms with Crippen molar-refractivity contribution in [2.24, 2.45) is 5.10 Å². The van der Waals surface area contributed by atoms with Gasteiger partial charge in [0.15, 0.2) is 5.75 Å². The van der Waals surface area contributed by atoms with Crippen LogP contribution in [0.15, 0.2) is 32.8 Å². The zero-order chi connectivity index (χ0) is 21.8. The fourth-order valence-corrected chi connectivity index (χ4v) is 2.69. The van der Waals surface area contributed by atoms with Gasteiger partial charge in [0.2, 0.25) is 16.6 Å². The van der Waals surface area contributed by atoms with E-state index in [0.717, 1.165) is 25.5 Å². The van der Waals surface area contributed by atoms with Crippen LogP contribution in [0.5, 0.6) is 17.2 Å². The molecule has 2 aromatic rings. The maximum Gasteiger partial charge on any atom is 0.328 e. The van der Waals surface area contributed by atoms with E-state index in [0.29, 0.717) is 0 Å². The van der Waals surface area contributed by atoms with Gasteiger partial charge < -0.3 is 18.6 Å². The Morgan fingerprint density at radius 1 is 1.24 bits per heavy atom. The second-order valence-electron chi connectivity index (χ2n) is 5.13. The van der Waals surface area contributed by atoms with Gasteiger partial charge in [-0.2, -0.15) is 13.5 Å². The molecule has 0 atom stereocenters. The number of methoxy groups -OCH3 is 3. The summed E-state index contributed by atoms with van der Waals surface area (Å²) >= 11 is 0. The van der Waals surface area contributed by atoms with Crippen LogP contribution in [0.25, 0.3) is 0 Å². The minimum atomic E-state index is -4.53. The number of amides is 1. The summed E-state index contributed by atoms with van der Waals surface area (Å²) in [5.74, 6) is -1.50. The van der Waals surface area contributed by atoms with Crippen molar-refractivity contribution in [3.05, 3.63) is 39.6 Å². The number of carbonyl (C=O) groups is 1. The molecule has 29 heavy (non-hydrogen) atoms. The van der Waals surface area contributed by atoms with Crippen molar-refractivity contribution in [3.63, 3.8) is 0 Å². The molecule has 1 aromatic carbocycles. The highest BCUT2D eigenvalue weighted by Gasteiger charge is 2.32. The Labute approximate surface area is 163 Å². The first-order chi connectivity index (χ1) is 13.6. The normalized spacial score (nSPS) is 11.3. The second-order valence-corrected chi connectivity index (χ2v) is 6.48. The molecule has 0 aliphatic rings.